The lowest BCUT2D eigenvalue weighted by Gasteiger charge is -2.32. The minimum absolute atomic E-state index is 0.345. The van der Waals surface area contributed by atoms with E-state index in [1.165, 1.54) is 5.56 Å². The van der Waals surface area contributed by atoms with E-state index in [2.05, 4.69) is 24.0 Å². The molecule has 1 heterocycles. The summed E-state index contributed by atoms with van der Waals surface area (Å²) in [5.41, 5.74) is 1.22. The maximum absolute atomic E-state index is 5.38. The predicted molar refractivity (Wildman–Crippen MR) is 70.4 cm³/mol. The van der Waals surface area contributed by atoms with Gasteiger partial charge in [0.15, 0.2) is 0 Å². The summed E-state index contributed by atoms with van der Waals surface area (Å²) < 4.78 is 16.0. The van der Waals surface area contributed by atoms with Crippen LogP contribution < -0.4 is 9.47 Å². The zero-order valence-electron chi connectivity index (χ0n) is 11.3. The summed E-state index contributed by atoms with van der Waals surface area (Å²) in [5.74, 6) is 1.67. The van der Waals surface area contributed by atoms with E-state index in [1.807, 2.05) is 6.07 Å². The van der Waals surface area contributed by atoms with Crippen LogP contribution in [0.2, 0.25) is 0 Å². The van der Waals surface area contributed by atoms with Gasteiger partial charge >= 0.3 is 0 Å². The Hall–Kier alpha value is -1.26. The summed E-state index contributed by atoms with van der Waals surface area (Å²) >= 11 is 0. The molecule has 1 unspecified atom stereocenters. The second-order valence-electron chi connectivity index (χ2n) is 4.47. The average Bonchev–Trinajstić information content (AvgIpc) is 2.46. The molecule has 1 saturated heterocycles. The zero-order chi connectivity index (χ0) is 13.0. The third-order valence-electron chi connectivity index (χ3n) is 3.45. The topological polar surface area (TPSA) is 30.9 Å². The molecule has 1 aliphatic heterocycles. The molecule has 1 fully saturated rings. The molecule has 0 aromatic heterocycles. The Morgan fingerprint density at radius 1 is 1.06 bits per heavy atom. The van der Waals surface area contributed by atoms with Gasteiger partial charge in [0.2, 0.25) is 0 Å². The average molecular weight is 251 g/mol. The number of hydrogen-bond donors (Lipinski definition) is 0. The maximum atomic E-state index is 5.38. The number of ether oxygens (including phenoxy) is 3. The van der Waals surface area contributed by atoms with Crippen LogP contribution in [0.25, 0.3) is 0 Å². The van der Waals surface area contributed by atoms with Gasteiger partial charge in [-0.2, -0.15) is 0 Å². The minimum Gasteiger partial charge on any atom is -0.497 e. The van der Waals surface area contributed by atoms with Crippen molar-refractivity contribution in [2.24, 2.45) is 0 Å². The molecule has 4 nitrogen and oxygen atoms in total. The van der Waals surface area contributed by atoms with Gasteiger partial charge in [-0.05, 0) is 24.6 Å². The van der Waals surface area contributed by atoms with Gasteiger partial charge in [0.05, 0.1) is 27.4 Å². The minimum atomic E-state index is 0.345. The molecule has 0 N–H and O–H groups in total. The summed E-state index contributed by atoms with van der Waals surface area (Å²) in [5, 5.41) is 0. The van der Waals surface area contributed by atoms with E-state index in [4.69, 9.17) is 14.2 Å². The molecule has 1 aromatic rings. The molecule has 2 rings (SSSR count). The van der Waals surface area contributed by atoms with Crippen molar-refractivity contribution in [3.63, 3.8) is 0 Å². The van der Waals surface area contributed by atoms with Crippen LogP contribution >= 0.6 is 0 Å². The van der Waals surface area contributed by atoms with Crippen LogP contribution in [0.3, 0.4) is 0 Å². The fraction of sp³-hybridized carbons (Fsp3) is 0.571. The van der Waals surface area contributed by atoms with Crippen molar-refractivity contribution in [3.05, 3.63) is 23.8 Å². The first-order valence-corrected chi connectivity index (χ1v) is 6.29. The Morgan fingerprint density at radius 2 is 1.61 bits per heavy atom. The SMILES string of the molecule is COc1cc(OC)cc(C(C)N2CCOCC2)c1. The Kier molecular flexibility index (Phi) is 4.44. The van der Waals surface area contributed by atoms with Gasteiger partial charge in [0.25, 0.3) is 0 Å². The fourth-order valence-corrected chi connectivity index (χ4v) is 2.25. The van der Waals surface area contributed by atoms with Gasteiger partial charge < -0.3 is 14.2 Å². The molecule has 1 aromatic carbocycles. The van der Waals surface area contributed by atoms with Crippen LogP contribution in [0.15, 0.2) is 18.2 Å². The molecule has 0 radical (unpaired) electrons. The first kappa shape index (κ1) is 13.2. The second kappa shape index (κ2) is 6.07. The van der Waals surface area contributed by atoms with Gasteiger partial charge in [0, 0.05) is 25.2 Å². The van der Waals surface area contributed by atoms with E-state index in [1.54, 1.807) is 14.2 Å². The second-order valence-corrected chi connectivity index (χ2v) is 4.47. The van der Waals surface area contributed by atoms with Gasteiger partial charge in [-0.1, -0.05) is 0 Å². The standard InChI is InChI=1S/C14H21NO3/c1-11(15-4-6-18-7-5-15)12-8-13(16-2)10-14(9-12)17-3/h8-11H,4-7H2,1-3H3. The predicted octanol–water partition coefficient (Wildman–Crippen LogP) is 2.10. The number of morpholine rings is 1. The highest BCUT2D eigenvalue weighted by molar-refractivity contribution is 5.39. The van der Waals surface area contributed by atoms with Crippen LogP contribution in [0, 0.1) is 0 Å². The van der Waals surface area contributed by atoms with Crippen molar-refractivity contribution in [1.82, 2.24) is 4.90 Å². The Balaban J connectivity index is 2.19. The van der Waals surface area contributed by atoms with Crippen molar-refractivity contribution >= 4 is 0 Å². The van der Waals surface area contributed by atoms with Crippen molar-refractivity contribution < 1.29 is 14.2 Å². The molecule has 0 amide bonds. The summed E-state index contributed by atoms with van der Waals surface area (Å²) in [6.45, 7) is 5.78. The highest BCUT2D eigenvalue weighted by Crippen LogP contribution is 2.29. The lowest BCUT2D eigenvalue weighted by atomic mass is 10.1. The number of benzene rings is 1. The van der Waals surface area contributed by atoms with Crippen molar-refractivity contribution in [2.45, 2.75) is 13.0 Å². The number of rotatable bonds is 4. The smallest absolute Gasteiger partial charge is 0.122 e. The first-order chi connectivity index (χ1) is 8.74. The molecule has 0 spiro atoms. The fourth-order valence-electron chi connectivity index (χ4n) is 2.25. The zero-order valence-corrected chi connectivity index (χ0v) is 11.3. The van der Waals surface area contributed by atoms with Crippen molar-refractivity contribution in [2.75, 3.05) is 40.5 Å². The van der Waals surface area contributed by atoms with Crippen LogP contribution in [0.4, 0.5) is 0 Å². The molecular formula is C14H21NO3. The Labute approximate surface area is 108 Å². The lowest BCUT2D eigenvalue weighted by molar-refractivity contribution is 0.0198. The van der Waals surface area contributed by atoms with E-state index in [0.717, 1.165) is 37.8 Å². The molecule has 1 aliphatic rings. The van der Waals surface area contributed by atoms with Crippen LogP contribution in [-0.4, -0.2) is 45.4 Å². The van der Waals surface area contributed by atoms with E-state index in [-0.39, 0.29) is 0 Å². The Bertz CT molecular complexity index is 366. The lowest BCUT2D eigenvalue weighted by Crippen LogP contribution is -2.38. The molecule has 4 heteroatoms. The van der Waals surface area contributed by atoms with Gasteiger partial charge in [0.1, 0.15) is 11.5 Å². The van der Waals surface area contributed by atoms with Gasteiger partial charge in [-0.25, -0.2) is 0 Å². The first-order valence-electron chi connectivity index (χ1n) is 6.29. The molecule has 18 heavy (non-hydrogen) atoms. The largest absolute Gasteiger partial charge is 0.497 e. The van der Waals surface area contributed by atoms with Crippen molar-refractivity contribution in [1.29, 1.82) is 0 Å². The van der Waals surface area contributed by atoms with E-state index >= 15 is 0 Å². The third kappa shape index (κ3) is 2.94. The summed E-state index contributed by atoms with van der Waals surface area (Å²) in [6, 6.07) is 6.39. The van der Waals surface area contributed by atoms with Crippen LogP contribution in [0.1, 0.15) is 18.5 Å². The highest BCUT2D eigenvalue weighted by atomic mass is 16.5. The number of hydrogen-bond acceptors (Lipinski definition) is 4. The highest BCUT2D eigenvalue weighted by Gasteiger charge is 2.19. The summed E-state index contributed by atoms with van der Waals surface area (Å²) in [4.78, 5) is 2.41. The monoisotopic (exact) mass is 251 g/mol. The summed E-state index contributed by atoms with van der Waals surface area (Å²) in [6.07, 6.45) is 0. The van der Waals surface area contributed by atoms with E-state index < -0.39 is 0 Å². The number of methoxy groups -OCH3 is 2. The maximum Gasteiger partial charge on any atom is 0.122 e. The van der Waals surface area contributed by atoms with Gasteiger partial charge in [-0.15, -0.1) is 0 Å². The van der Waals surface area contributed by atoms with Crippen LogP contribution in [0.5, 0.6) is 11.5 Å². The Morgan fingerprint density at radius 3 is 2.11 bits per heavy atom. The molecule has 100 valence electrons. The molecule has 0 saturated carbocycles. The summed E-state index contributed by atoms with van der Waals surface area (Å²) in [7, 11) is 3.36. The third-order valence-corrected chi connectivity index (χ3v) is 3.45. The normalized spacial score (nSPS) is 18.4. The van der Waals surface area contributed by atoms with Gasteiger partial charge in [-0.3, -0.25) is 4.90 Å². The van der Waals surface area contributed by atoms with Crippen molar-refractivity contribution in [3.8, 4) is 11.5 Å². The quantitative estimate of drug-likeness (QED) is 0.820. The number of nitrogens with zero attached hydrogens (tertiary/aromatic N) is 1. The molecule has 0 bridgehead atoms. The molecule has 1 atom stereocenters. The van der Waals surface area contributed by atoms with E-state index in [0.29, 0.717) is 6.04 Å². The molecular weight excluding hydrogens is 230 g/mol. The van der Waals surface area contributed by atoms with E-state index in [9.17, 15) is 0 Å². The molecule has 0 aliphatic carbocycles. The van der Waals surface area contributed by atoms with Crippen LogP contribution in [-0.2, 0) is 4.74 Å².